The normalized spacial score (nSPS) is 23.4. The van der Waals surface area contributed by atoms with Gasteiger partial charge in [0, 0.05) is 31.4 Å². The van der Waals surface area contributed by atoms with Crippen LogP contribution >= 0.6 is 0 Å². The number of allylic oxidation sites excluding steroid dienone is 1. The summed E-state index contributed by atoms with van der Waals surface area (Å²) in [4.78, 5) is 16.3. The highest BCUT2D eigenvalue weighted by Gasteiger charge is 2.41. The van der Waals surface area contributed by atoms with Gasteiger partial charge >= 0.3 is 5.97 Å². The van der Waals surface area contributed by atoms with Gasteiger partial charge in [0.1, 0.15) is 6.61 Å². The van der Waals surface area contributed by atoms with E-state index >= 15 is 0 Å². The van der Waals surface area contributed by atoms with Crippen LogP contribution in [0.1, 0.15) is 52.4 Å². The summed E-state index contributed by atoms with van der Waals surface area (Å²) in [5.41, 5.74) is 5.11. The first-order valence-electron chi connectivity index (χ1n) is 9.47. The fourth-order valence-corrected chi connectivity index (χ4v) is 4.86. The third-order valence-corrected chi connectivity index (χ3v) is 6.61. The minimum Gasteiger partial charge on any atom is -0.457 e. The van der Waals surface area contributed by atoms with E-state index in [9.17, 15) is 9.90 Å². The van der Waals surface area contributed by atoms with Crippen molar-refractivity contribution in [2.75, 3.05) is 33.2 Å². The Balaban J connectivity index is 1.40. The third-order valence-electron chi connectivity index (χ3n) is 6.61. The van der Waals surface area contributed by atoms with Gasteiger partial charge in [-0.15, -0.1) is 0 Å². The minimum absolute atomic E-state index is 0.256. The average Bonchev–Trinajstić information content (AvgIpc) is 3.11. The summed E-state index contributed by atoms with van der Waals surface area (Å²) in [6.07, 6.45) is 2.90. The van der Waals surface area contributed by atoms with Crippen molar-refractivity contribution in [3.05, 3.63) is 46.7 Å². The molecule has 1 atom stereocenters. The molecule has 3 aliphatic heterocycles. The lowest BCUT2D eigenvalue weighted by atomic mass is 9.77. The quantitative estimate of drug-likeness (QED) is 0.844. The number of rotatable bonds is 3. The smallest absolute Gasteiger partial charge is 0.338 e. The molecule has 1 unspecified atom stereocenters. The highest BCUT2D eigenvalue weighted by atomic mass is 16.5. The predicted molar refractivity (Wildman–Crippen MR) is 99.8 cm³/mol. The van der Waals surface area contributed by atoms with Gasteiger partial charge in [-0.05, 0) is 61.9 Å². The van der Waals surface area contributed by atoms with Gasteiger partial charge < -0.3 is 19.6 Å². The Morgan fingerprint density at radius 1 is 1.35 bits per heavy atom. The van der Waals surface area contributed by atoms with Crippen LogP contribution in [0.2, 0.25) is 0 Å². The van der Waals surface area contributed by atoms with Crippen molar-refractivity contribution in [3.63, 3.8) is 0 Å². The number of likely N-dealkylation sites (tertiary alicyclic amines) is 2. The Hall–Kier alpha value is -1.85. The first-order chi connectivity index (χ1) is 12.4. The van der Waals surface area contributed by atoms with Crippen LogP contribution in [0.25, 0.3) is 0 Å². The third kappa shape index (κ3) is 2.93. The standard InChI is InChI=1S/C21H28N2O3/c1-14-10-21(13-22(14)3)6-8-23(9-7-21)11-19(24)16-4-5-17-18(15(16)2)12-26-20(17)25/h4-5,19,24H,1,6-13H2,2-3H3. The van der Waals surface area contributed by atoms with Crippen molar-refractivity contribution in [1.82, 2.24) is 9.80 Å². The van der Waals surface area contributed by atoms with Gasteiger partial charge in [-0.25, -0.2) is 4.79 Å². The molecule has 26 heavy (non-hydrogen) atoms. The Morgan fingerprint density at radius 2 is 2.08 bits per heavy atom. The van der Waals surface area contributed by atoms with Crippen LogP contribution in [0, 0.1) is 12.3 Å². The zero-order valence-electron chi connectivity index (χ0n) is 15.8. The average molecular weight is 356 g/mol. The Labute approximate surface area is 155 Å². The number of hydrogen-bond donors (Lipinski definition) is 1. The lowest BCUT2D eigenvalue weighted by molar-refractivity contribution is 0.0534. The maximum absolute atomic E-state index is 11.7. The van der Waals surface area contributed by atoms with E-state index in [1.54, 1.807) is 6.07 Å². The van der Waals surface area contributed by atoms with Crippen LogP contribution < -0.4 is 0 Å². The van der Waals surface area contributed by atoms with E-state index in [0.717, 1.165) is 55.6 Å². The summed E-state index contributed by atoms with van der Waals surface area (Å²) in [6, 6.07) is 3.67. The van der Waals surface area contributed by atoms with Crippen LogP contribution in [-0.2, 0) is 11.3 Å². The molecule has 4 rings (SSSR count). The highest BCUT2D eigenvalue weighted by Crippen LogP contribution is 2.44. The van der Waals surface area contributed by atoms with Gasteiger partial charge in [0.2, 0.25) is 0 Å². The molecule has 3 aliphatic rings. The van der Waals surface area contributed by atoms with E-state index in [2.05, 4.69) is 23.4 Å². The summed E-state index contributed by atoms with van der Waals surface area (Å²) < 4.78 is 5.12. The van der Waals surface area contributed by atoms with Gasteiger partial charge in [-0.3, -0.25) is 0 Å². The van der Waals surface area contributed by atoms with E-state index in [1.807, 2.05) is 13.0 Å². The monoisotopic (exact) mass is 356 g/mol. The molecule has 140 valence electrons. The van der Waals surface area contributed by atoms with Gasteiger partial charge in [0.05, 0.1) is 11.7 Å². The number of hydrogen-bond acceptors (Lipinski definition) is 5. The second-order valence-electron chi connectivity index (χ2n) is 8.30. The molecule has 0 aromatic heterocycles. The van der Waals surface area contributed by atoms with E-state index in [-0.39, 0.29) is 5.97 Å². The number of fused-ring (bicyclic) bond motifs is 1. The van der Waals surface area contributed by atoms with E-state index < -0.39 is 6.10 Å². The molecule has 1 aromatic rings. The van der Waals surface area contributed by atoms with Crippen LogP contribution in [0.15, 0.2) is 24.4 Å². The molecule has 0 bridgehead atoms. The molecule has 2 saturated heterocycles. The Morgan fingerprint density at radius 3 is 2.73 bits per heavy atom. The van der Waals surface area contributed by atoms with E-state index in [0.29, 0.717) is 24.1 Å². The molecule has 5 heteroatoms. The molecule has 0 aliphatic carbocycles. The molecule has 3 heterocycles. The number of benzene rings is 1. The number of piperidine rings is 1. The fraction of sp³-hybridized carbons (Fsp3) is 0.571. The van der Waals surface area contributed by atoms with E-state index in [1.165, 1.54) is 5.70 Å². The highest BCUT2D eigenvalue weighted by molar-refractivity contribution is 5.93. The number of β-amino-alcohol motifs (C(OH)–C–C–N with tert-alkyl or cyclic N) is 1. The second-order valence-corrected chi connectivity index (χ2v) is 8.30. The van der Waals surface area contributed by atoms with Crippen LogP contribution in [-0.4, -0.2) is 54.1 Å². The number of ether oxygens (including phenoxy) is 1. The second kappa shape index (κ2) is 6.39. The zero-order valence-corrected chi connectivity index (χ0v) is 15.8. The molecular formula is C21H28N2O3. The lowest BCUT2D eigenvalue weighted by Gasteiger charge is -2.39. The number of carbonyl (C=O) groups is 1. The van der Waals surface area contributed by atoms with Crippen LogP contribution in [0.4, 0.5) is 0 Å². The van der Waals surface area contributed by atoms with Crippen molar-refractivity contribution in [1.29, 1.82) is 0 Å². The molecule has 2 fully saturated rings. The molecule has 1 aromatic carbocycles. The van der Waals surface area contributed by atoms with Crippen LogP contribution in [0.5, 0.6) is 0 Å². The molecular weight excluding hydrogens is 328 g/mol. The lowest BCUT2D eigenvalue weighted by Crippen LogP contribution is -2.42. The topological polar surface area (TPSA) is 53.0 Å². The number of carbonyl (C=O) groups excluding carboxylic acids is 1. The van der Waals surface area contributed by atoms with Crippen molar-refractivity contribution in [2.45, 2.75) is 38.9 Å². The summed E-state index contributed by atoms with van der Waals surface area (Å²) in [5.74, 6) is -0.256. The van der Waals surface area contributed by atoms with Gasteiger partial charge in [-0.2, -0.15) is 0 Å². The predicted octanol–water partition coefficient (Wildman–Crippen LogP) is 2.63. The van der Waals surface area contributed by atoms with Crippen molar-refractivity contribution < 1.29 is 14.6 Å². The van der Waals surface area contributed by atoms with Crippen molar-refractivity contribution >= 4 is 5.97 Å². The maximum Gasteiger partial charge on any atom is 0.338 e. The Bertz CT molecular complexity index is 750. The first kappa shape index (κ1) is 17.6. The molecule has 0 saturated carbocycles. The number of aliphatic hydroxyl groups excluding tert-OH is 1. The molecule has 5 nitrogen and oxygen atoms in total. The minimum atomic E-state index is -0.536. The SMILES string of the molecule is C=C1CC2(CCN(CC(O)c3ccc4c(c3C)COC4=O)CC2)CN1C. The largest absolute Gasteiger partial charge is 0.457 e. The molecule has 1 spiro atoms. The number of aliphatic hydroxyl groups is 1. The summed E-state index contributed by atoms with van der Waals surface area (Å²) >= 11 is 0. The van der Waals surface area contributed by atoms with Gasteiger partial charge in [0.15, 0.2) is 0 Å². The first-order valence-corrected chi connectivity index (χ1v) is 9.47. The van der Waals surface area contributed by atoms with Crippen LogP contribution in [0.3, 0.4) is 0 Å². The summed E-state index contributed by atoms with van der Waals surface area (Å²) in [6.45, 7) is 10.3. The maximum atomic E-state index is 11.7. The Kier molecular flexibility index (Phi) is 4.32. The number of esters is 1. The molecule has 0 amide bonds. The van der Waals surface area contributed by atoms with E-state index in [4.69, 9.17) is 4.74 Å². The summed E-state index contributed by atoms with van der Waals surface area (Å²) in [7, 11) is 2.14. The molecule has 0 radical (unpaired) electrons. The zero-order chi connectivity index (χ0) is 18.5. The number of nitrogens with zero attached hydrogens (tertiary/aromatic N) is 2. The number of cyclic esters (lactones) is 1. The van der Waals surface area contributed by atoms with Crippen molar-refractivity contribution in [2.24, 2.45) is 5.41 Å². The van der Waals surface area contributed by atoms with Crippen molar-refractivity contribution in [3.8, 4) is 0 Å². The fourth-order valence-electron chi connectivity index (χ4n) is 4.86. The van der Waals surface area contributed by atoms with Gasteiger partial charge in [0.25, 0.3) is 0 Å². The van der Waals surface area contributed by atoms with Gasteiger partial charge in [-0.1, -0.05) is 12.6 Å². The summed E-state index contributed by atoms with van der Waals surface area (Å²) in [5, 5.41) is 10.8. The molecule has 1 N–H and O–H groups in total.